The average Bonchev–Trinajstić information content (AvgIpc) is 3.18. The van der Waals surface area contributed by atoms with Crippen molar-refractivity contribution in [2.24, 2.45) is 0 Å². The molecule has 0 amide bonds. The van der Waals surface area contributed by atoms with E-state index in [1.165, 1.54) is 32.1 Å². The molecule has 2 aromatic rings. The maximum Gasteiger partial charge on any atom is 0.243 e. The topological polar surface area (TPSA) is 62.3 Å². The molecule has 0 spiro atoms. The van der Waals surface area contributed by atoms with Gasteiger partial charge in [0.15, 0.2) is 0 Å². The van der Waals surface area contributed by atoms with Crippen LogP contribution >= 0.6 is 0 Å². The summed E-state index contributed by atoms with van der Waals surface area (Å²) in [7, 11) is -3.37. The molecule has 0 bridgehead atoms. The van der Waals surface area contributed by atoms with Gasteiger partial charge in [-0.05, 0) is 56.0 Å². The maximum absolute atomic E-state index is 12.7. The van der Waals surface area contributed by atoms with Gasteiger partial charge in [-0.2, -0.15) is 4.31 Å². The highest BCUT2D eigenvalue weighted by atomic mass is 32.2. The molecule has 1 N–H and O–H groups in total. The summed E-state index contributed by atoms with van der Waals surface area (Å²) in [5.74, 6) is 0.884. The van der Waals surface area contributed by atoms with E-state index in [0.29, 0.717) is 24.0 Å². The van der Waals surface area contributed by atoms with Crippen LogP contribution in [0.3, 0.4) is 0 Å². The van der Waals surface area contributed by atoms with Crippen LogP contribution in [0.2, 0.25) is 0 Å². The zero-order valence-electron chi connectivity index (χ0n) is 14.4. The van der Waals surface area contributed by atoms with E-state index in [1.54, 1.807) is 16.4 Å². The molecule has 1 saturated heterocycles. The molecule has 1 aromatic carbocycles. The fraction of sp³-hybridized carbons (Fsp3) is 0.526. The van der Waals surface area contributed by atoms with Crippen LogP contribution in [0.5, 0.6) is 0 Å². The lowest BCUT2D eigenvalue weighted by Gasteiger charge is -2.23. The van der Waals surface area contributed by atoms with Crippen LogP contribution < -0.4 is 5.32 Å². The van der Waals surface area contributed by atoms with E-state index in [0.717, 1.165) is 29.6 Å². The number of nitrogens with zero attached hydrogens (tertiary/aromatic N) is 2. The van der Waals surface area contributed by atoms with Gasteiger partial charge in [0.1, 0.15) is 5.82 Å². The molecule has 1 aliphatic carbocycles. The van der Waals surface area contributed by atoms with Crippen LogP contribution in [0.1, 0.15) is 44.9 Å². The standard InChI is InChI=1S/C19H25N3O2S/c23-25(24,22-12-4-5-13-22)17-9-10-18-15(14-17)8-11-19(21-18)20-16-6-2-1-3-7-16/h8-11,14,16H,1-7,12-13H2,(H,20,21). The molecule has 2 fully saturated rings. The van der Waals surface area contributed by atoms with Gasteiger partial charge in [-0.3, -0.25) is 0 Å². The summed E-state index contributed by atoms with van der Waals surface area (Å²) in [6, 6.07) is 9.70. The van der Waals surface area contributed by atoms with Crippen molar-refractivity contribution in [2.45, 2.75) is 55.9 Å². The van der Waals surface area contributed by atoms with Gasteiger partial charge in [0.2, 0.25) is 10.0 Å². The summed E-state index contributed by atoms with van der Waals surface area (Å²) in [6.07, 6.45) is 8.19. The van der Waals surface area contributed by atoms with Crippen molar-refractivity contribution in [2.75, 3.05) is 18.4 Å². The first-order valence-electron chi connectivity index (χ1n) is 9.30. The van der Waals surface area contributed by atoms with Crippen LogP contribution in [-0.2, 0) is 10.0 Å². The Morgan fingerprint density at radius 2 is 1.72 bits per heavy atom. The van der Waals surface area contributed by atoms with Crippen molar-refractivity contribution in [1.29, 1.82) is 0 Å². The molecule has 4 rings (SSSR count). The highest BCUT2D eigenvalue weighted by Crippen LogP contribution is 2.26. The van der Waals surface area contributed by atoms with Crippen LogP contribution in [0.4, 0.5) is 5.82 Å². The maximum atomic E-state index is 12.7. The highest BCUT2D eigenvalue weighted by Gasteiger charge is 2.27. The third kappa shape index (κ3) is 3.51. The van der Waals surface area contributed by atoms with E-state index in [1.807, 2.05) is 18.2 Å². The Labute approximate surface area is 149 Å². The monoisotopic (exact) mass is 359 g/mol. The Morgan fingerprint density at radius 3 is 2.48 bits per heavy atom. The first-order chi connectivity index (χ1) is 12.1. The van der Waals surface area contributed by atoms with Gasteiger partial charge in [0.05, 0.1) is 10.4 Å². The van der Waals surface area contributed by atoms with Gasteiger partial charge in [-0.15, -0.1) is 0 Å². The Balaban J connectivity index is 1.58. The summed E-state index contributed by atoms with van der Waals surface area (Å²) in [5, 5.41) is 4.39. The second kappa shape index (κ2) is 6.92. The number of benzene rings is 1. The lowest BCUT2D eigenvalue weighted by molar-refractivity contribution is 0.462. The van der Waals surface area contributed by atoms with Gasteiger partial charge in [-0.1, -0.05) is 19.3 Å². The molecule has 134 valence electrons. The smallest absolute Gasteiger partial charge is 0.243 e. The second-order valence-electron chi connectivity index (χ2n) is 7.14. The number of pyridine rings is 1. The van der Waals surface area contributed by atoms with Crippen LogP contribution in [0, 0.1) is 0 Å². The highest BCUT2D eigenvalue weighted by molar-refractivity contribution is 7.89. The third-order valence-electron chi connectivity index (χ3n) is 5.32. The summed E-state index contributed by atoms with van der Waals surface area (Å²) in [5.41, 5.74) is 0.834. The normalized spacial score (nSPS) is 20.2. The minimum atomic E-state index is -3.37. The van der Waals surface area contributed by atoms with Crippen molar-refractivity contribution < 1.29 is 8.42 Å². The van der Waals surface area contributed by atoms with E-state index in [-0.39, 0.29) is 0 Å². The first-order valence-corrected chi connectivity index (χ1v) is 10.7. The predicted octanol–water partition coefficient (Wildman–Crippen LogP) is 3.76. The molecule has 2 heterocycles. The molecule has 1 aliphatic heterocycles. The summed E-state index contributed by atoms with van der Waals surface area (Å²) in [4.78, 5) is 5.04. The summed E-state index contributed by atoms with van der Waals surface area (Å²) < 4.78 is 27.0. The molecule has 1 saturated carbocycles. The fourth-order valence-corrected chi connectivity index (χ4v) is 5.43. The second-order valence-corrected chi connectivity index (χ2v) is 9.08. The van der Waals surface area contributed by atoms with Crippen molar-refractivity contribution in [1.82, 2.24) is 9.29 Å². The molecular weight excluding hydrogens is 334 g/mol. The molecule has 1 aromatic heterocycles. The number of nitrogens with one attached hydrogen (secondary N) is 1. The van der Waals surface area contributed by atoms with Gasteiger partial charge in [0, 0.05) is 24.5 Å². The third-order valence-corrected chi connectivity index (χ3v) is 7.22. The van der Waals surface area contributed by atoms with Gasteiger partial charge < -0.3 is 5.32 Å². The number of anilines is 1. The van der Waals surface area contributed by atoms with Gasteiger partial charge in [0.25, 0.3) is 0 Å². The van der Waals surface area contributed by atoms with Crippen LogP contribution in [0.15, 0.2) is 35.2 Å². The Morgan fingerprint density at radius 1 is 0.960 bits per heavy atom. The van der Waals surface area contributed by atoms with Gasteiger partial charge >= 0.3 is 0 Å². The van der Waals surface area contributed by atoms with Crippen molar-refractivity contribution in [3.63, 3.8) is 0 Å². The molecule has 2 aliphatic rings. The molecule has 0 atom stereocenters. The molecule has 5 nitrogen and oxygen atoms in total. The molecule has 0 unspecified atom stereocenters. The van der Waals surface area contributed by atoms with E-state index in [4.69, 9.17) is 0 Å². The molecule has 25 heavy (non-hydrogen) atoms. The Bertz CT molecular complexity index is 854. The molecular formula is C19H25N3O2S. The van der Waals surface area contributed by atoms with E-state index in [9.17, 15) is 8.42 Å². The Hall–Kier alpha value is -1.66. The number of aromatic nitrogens is 1. The number of hydrogen-bond acceptors (Lipinski definition) is 4. The van der Waals surface area contributed by atoms with Crippen molar-refractivity contribution >= 4 is 26.7 Å². The van der Waals surface area contributed by atoms with Gasteiger partial charge in [-0.25, -0.2) is 13.4 Å². The fourth-order valence-electron chi connectivity index (χ4n) is 3.88. The SMILES string of the molecule is O=S(=O)(c1ccc2nc(NC3CCCCC3)ccc2c1)N1CCCC1. The molecule has 0 radical (unpaired) electrons. The Kier molecular flexibility index (Phi) is 4.65. The summed E-state index contributed by atoms with van der Waals surface area (Å²) >= 11 is 0. The zero-order valence-corrected chi connectivity index (χ0v) is 15.3. The van der Waals surface area contributed by atoms with Crippen LogP contribution in [-0.4, -0.2) is 36.8 Å². The minimum absolute atomic E-state index is 0.372. The number of sulfonamides is 1. The van der Waals surface area contributed by atoms with E-state index >= 15 is 0 Å². The van der Waals surface area contributed by atoms with Crippen molar-refractivity contribution in [3.8, 4) is 0 Å². The quantitative estimate of drug-likeness (QED) is 0.903. The van der Waals surface area contributed by atoms with E-state index < -0.39 is 10.0 Å². The summed E-state index contributed by atoms with van der Waals surface area (Å²) in [6.45, 7) is 1.26. The number of rotatable bonds is 4. The van der Waals surface area contributed by atoms with E-state index in [2.05, 4.69) is 10.3 Å². The first kappa shape index (κ1) is 16.8. The predicted molar refractivity (Wildman–Crippen MR) is 100 cm³/mol. The molecule has 6 heteroatoms. The zero-order chi connectivity index (χ0) is 17.3. The largest absolute Gasteiger partial charge is 0.367 e. The van der Waals surface area contributed by atoms with Crippen LogP contribution in [0.25, 0.3) is 10.9 Å². The minimum Gasteiger partial charge on any atom is -0.367 e. The number of fused-ring (bicyclic) bond motifs is 1. The number of hydrogen-bond donors (Lipinski definition) is 1. The van der Waals surface area contributed by atoms with Crippen molar-refractivity contribution in [3.05, 3.63) is 30.3 Å². The lowest BCUT2D eigenvalue weighted by atomic mass is 9.95. The average molecular weight is 359 g/mol. The lowest BCUT2D eigenvalue weighted by Crippen LogP contribution is -2.27.